The molecule has 1 fully saturated rings. The van der Waals surface area contributed by atoms with Gasteiger partial charge in [0.2, 0.25) is 0 Å². The first kappa shape index (κ1) is 21.1. The Morgan fingerprint density at radius 1 is 1.07 bits per heavy atom. The van der Waals surface area contributed by atoms with Crippen LogP contribution in [0.5, 0.6) is 11.5 Å². The Hall–Kier alpha value is -3.62. The van der Waals surface area contributed by atoms with Gasteiger partial charge in [0, 0.05) is 31.3 Å². The second kappa shape index (κ2) is 9.25. The lowest BCUT2D eigenvalue weighted by Crippen LogP contribution is -2.27. The molecule has 2 aromatic carbocycles. The molecular formula is C21H23N3O6. The molecule has 1 heterocycles. The van der Waals surface area contributed by atoms with Crippen LogP contribution in [0.2, 0.25) is 0 Å². The summed E-state index contributed by atoms with van der Waals surface area (Å²) < 4.78 is 10.2. The minimum absolute atomic E-state index is 0.00374. The summed E-state index contributed by atoms with van der Waals surface area (Å²) in [6.07, 6.45) is 2.05. The molecule has 158 valence electrons. The summed E-state index contributed by atoms with van der Waals surface area (Å²) in [6, 6.07) is 9.40. The molecule has 0 spiro atoms. The maximum atomic E-state index is 12.6. The molecule has 9 nitrogen and oxygen atoms in total. The Labute approximate surface area is 173 Å². The Morgan fingerprint density at radius 2 is 1.67 bits per heavy atom. The van der Waals surface area contributed by atoms with E-state index in [2.05, 4.69) is 5.32 Å². The lowest BCUT2D eigenvalue weighted by atomic mass is 10.1. The van der Waals surface area contributed by atoms with Crippen molar-refractivity contribution in [2.24, 2.45) is 0 Å². The molecule has 0 aromatic heterocycles. The number of methoxy groups -OCH3 is 2. The number of likely N-dealkylation sites (tertiary alicyclic amines) is 1. The molecule has 9 heteroatoms. The van der Waals surface area contributed by atoms with E-state index in [0.29, 0.717) is 5.56 Å². The van der Waals surface area contributed by atoms with Crippen molar-refractivity contribution in [1.29, 1.82) is 0 Å². The lowest BCUT2D eigenvalue weighted by molar-refractivity contribution is -0.385. The van der Waals surface area contributed by atoms with Crippen LogP contribution >= 0.6 is 0 Å². The minimum atomic E-state index is -0.643. The van der Waals surface area contributed by atoms with Crippen LogP contribution in [0.1, 0.15) is 39.1 Å². The van der Waals surface area contributed by atoms with E-state index < -0.39 is 10.8 Å². The Bertz CT molecular complexity index is 952. The number of hydrogen-bond acceptors (Lipinski definition) is 6. The number of benzene rings is 2. The van der Waals surface area contributed by atoms with Gasteiger partial charge in [-0.05, 0) is 30.5 Å². The van der Waals surface area contributed by atoms with E-state index in [1.165, 1.54) is 20.3 Å². The Morgan fingerprint density at radius 3 is 2.23 bits per heavy atom. The Balaban J connectivity index is 1.71. The van der Waals surface area contributed by atoms with E-state index in [-0.39, 0.29) is 35.2 Å². The number of hydrogen-bond donors (Lipinski definition) is 1. The maximum Gasteiger partial charge on any atom is 0.286 e. The number of nitro groups is 1. The van der Waals surface area contributed by atoms with E-state index in [4.69, 9.17) is 9.47 Å². The highest BCUT2D eigenvalue weighted by Crippen LogP contribution is 2.34. The molecule has 0 unspecified atom stereocenters. The van der Waals surface area contributed by atoms with Gasteiger partial charge in [0.05, 0.1) is 25.2 Å². The van der Waals surface area contributed by atoms with Crippen molar-refractivity contribution in [3.8, 4) is 11.5 Å². The van der Waals surface area contributed by atoms with Gasteiger partial charge in [0.15, 0.2) is 11.5 Å². The van der Waals surface area contributed by atoms with Crippen LogP contribution in [0.15, 0.2) is 36.4 Å². The van der Waals surface area contributed by atoms with Crippen molar-refractivity contribution in [2.75, 3.05) is 27.3 Å². The number of nitrogens with one attached hydrogen (secondary N) is 1. The van der Waals surface area contributed by atoms with Crippen molar-refractivity contribution in [2.45, 2.75) is 19.4 Å². The Kier molecular flexibility index (Phi) is 6.51. The molecule has 0 atom stereocenters. The lowest BCUT2D eigenvalue weighted by Gasteiger charge is -2.15. The smallest absolute Gasteiger partial charge is 0.286 e. The number of amides is 2. The van der Waals surface area contributed by atoms with E-state index >= 15 is 0 Å². The van der Waals surface area contributed by atoms with Gasteiger partial charge in [-0.3, -0.25) is 19.7 Å². The summed E-state index contributed by atoms with van der Waals surface area (Å²) >= 11 is 0. The second-order valence-corrected chi connectivity index (χ2v) is 6.86. The van der Waals surface area contributed by atoms with Gasteiger partial charge >= 0.3 is 0 Å². The normalized spacial score (nSPS) is 13.1. The largest absolute Gasteiger partial charge is 0.493 e. The van der Waals surface area contributed by atoms with Gasteiger partial charge in [-0.1, -0.05) is 12.1 Å². The highest BCUT2D eigenvalue weighted by Gasteiger charge is 2.24. The average molecular weight is 413 g/mol. The predicted octanol–water partition coefficient (Wildman–Crippen LogP) is 2.78. The summed E-state index contributed by atoms with van der Waals surface area (Å²) in [7, 11) is 2.75. The standard InChI is InChI=1S/C21H23N3O6/c1-29-18-11-16(17(24(27)28)12-19(18)30-2)20(25)22-13-14-5-7-15(8-6-14)21(26)23-9-3-4-10-23/h5-8,11-12H,3-4,9-10,13H2,1-2H3,(H,22,25). The van der Waals surface area contributed by atoms with Crippen molar-refractivity contribution in [3.05, 3.63) is 63.2 Å². The van der Waals surface area contributed by atoms with E-state index in [9.17, 15) is 19.7 Å². The number of carbonyl (C=O) groups excluding carboxylic acids is 2. The topological polar surface area (TPSA) is 111 Å². The first-order chi connectivity index (χ1) is 14.4. The molecule has 2 aromatic rings. The predicted molar refractivity (Wildman–Crippen MR) is 109 cm³/mol. The molecule has 1 N–H and O–H groups in total. The molecule has 0 bridgehead atoms. The van der Waals surface area contributed by atoms with Crippen LogP contribution in [-0.2, 0) is 6.54 Å². The summed E-state index contributed by atoms with van der Waals surface area (Å²) in [5, 5.41) is 14.0. The zero-order valence-electron chi connectivity index (χ0n) is 16.8. The summed E-state index contributed by atoms with van der Waals surface area (Å²) in [6.45, 7) is 1.71. The minimum Gasteiger partial charge on any atom is -0.493 e. The fourth-order valence-electron chi connectivity index (χ4n) is 3.35. The molecule has 1 saturated heterocycles. The molecule has 0 radical (unpaired) electrons. The number of carbonyl (C=O) groups is 2. The number of nitrogens with zero attached hydrogens (tertiary/aromatic N) is 2. The first-order valence-corrected chi connectivity index (χ1v) is 9.51. The van der Waals surface area contributed by atoms with Crippen LogP contribution < -0.4 is 14.8 Å². The molecule has 0 saturated carbocycles. The van der Waals surface area contributed by atoms with Crippen LogP contribution in [0.3, 0.4) is 0 Å². The van der Waals surface area contributed by atoms with Gasteiger partial charge in [-0.25, -0.2) is 0 Å². The molecule has 2 amide bonds. The highest BCUT2D eigenvalue weighted by atomic mass is 16.6. The monoisotopic (exact) mass is 413 g/mol. The molecule has 3 rings (SSSR count). The van der Waals surface area contributed by atoms with Crippen LogP contribution in [-0.4, -0.2) is 48.9 Å². The number of rotatable bonds is 7. The zero-order valence-corrected chi connectivity index (χ0v) is 16.8. The maximum absolute atomic E-state index is 12.6. The third-order valence-corrected chi connectivity index (χ3v) is 4.99. The van der Waals surface area contributed by atoms with Crippen LogP contribution in [0.4, 0.5) is 5.69 Å². The van der Waals surface area contributed by atoms with Gasteiger partial charge in [-0.15, -0.1) is 0 Å². The fourth-order valence-corrected chi connectivity index (χ4v) is 3.35. The van der Waals surface area contributed by atoms with Crippen molar-refractivity contribution in [3.63, 3.8) is 0 Å². The summed E-state index contributed by atoms with van der Waals surface area (Å²) in [5.41, 5.74) is 0.863. The van der Waals surface area contributed by atoms with Gasteiger partial charge in [0.25, 0.3) is 17.5 Å². The average Bonchev–Trinajstić information content (AvgIpc) is 3.31. The van der Waals surface area contributed by atoms with Crippen molar-refractivity contribution >= 4 is 17.5 Å². The van der Waals surface area contributed by atoms with Gasteiger partial charge in [0.1, 0.15) is 5.56 Å². The van der Waals surface area contributed by atoms with Crippen LogP contribution in [0, 0.1) is 10.1 Å². The van der Waals surface area contributed by atoms with Crippen LogP contribution in [0.25, 0.3) is 0 Å². The second-order valence-electron chi connectivity index (χ2n) is 6.86. The highest BCUT2D eigenvalue weighted by molar-refractivity contribution is 5.99. The number of ether oxygens (including phenoxy) is 2. The summed E-state index contributed by atoms with van der Waals surface area (Å²) in [5.74, 6) is -0.221. The molecule has 30 heavy (non-hydrogen) atoms. The third kappa shape index (κ3) is 4.51. The fraction of sp³-hybridized carbons (Fsp3) is 0.333. The van der Waals surface area contributed by atoms with Gasteiger partial charge in [-0.2, -0.15) is 0 Å². The number of nitro benzene ring substituents is 1. The zero-order chi connectivity index (χ0) is 21.7. The summed E-state index contributed by atoms with van der Waals surface area (Å²) in [4.78, 5) is 37.5. The molecule has 0 aliphatic carbocycles. The van der Waals surface area contributed by atoms with Gasteiger partial charge < -0.3 is 19.7 Å². The van der Waals surface area contributed by atoms with E-state index in [1.54, 1.807) is 24.3 Å². The third-order valence-electron chi connectivity index (χ3n) is 4.99. The van der Waals surface area contributed by atoms with E-state index in [1.807, 2.05) is 4.90 Å². The SMILES string of the molecule is COc1cc(C(=O)NCc2ccc(C(=O)N3CCCC3)cc2)c([N+](=O)[O-])cc1OC. The molecule has 1 aliphatic heterocycles. The van der Waals surface area contributed by atoms with E-state index in [0.717, 1.165) is 37.6 Å². The first-order valence-electron chi connectivity index (χ1n) is 9.51. The van der Waals surface area contributed by atoms with Crippen molar-refractivity contribution < 1.29 is 24.0 Å². The molecular weight excluding hydrogens is 390 g/mol. The quantitative estimate of drug-likeness (QED) is 0.552. The molecule has 1 aliphatic rings. The van der Waals surface area contributed by atoms with Crippen molar-refractivity contribution in [1.82, 2.24) is 10.2 Å².